The summed E-state index contributed by atoms with van der Waals surface area (Å²) in [5.74, 6) is -0.178. The Morgan fingerprint density at radius 2 is 1.64 bits per heavy atom. The van der Waals surface area contributed by atoms with Gasteiger partial charge in [0, 0.05) is 18.7 Å². The molecular formula is C22H30ClN3O2. The number of rotatable bonds is 8. The lowest BCUT2D eigenvalue weighted by atomic mass is 9.99. The molecule has 0 fully saturated rings. The molecule has 0 heterocycles. The smallest absolute Gasteiger partial charge is 0.251 e. The second kappa shape index (κ2) is 11.5. The summed E-state index contributed by atoms with van der Waals surface area (Å²) in [6.45, 7) is 6.83. The first-order valence-corrected chi connectivity index (χ1v) is 9.36. The van der Waals surface area contributed by atoms with Crippen molar-refractivity contribution in [3.63, 3.8) is 0 Å². The number of hydrogen-bond donors (Lipinski definition) is 3. The van der Waals surface area contributed by atoms with Gasteiger partial charge in [-0.2, -0.15) is 0 Å². The second-order valence-corrected chi connectivity index (χ2v) is 7.00. The van der Waals surface area contributed by atoms with Crippen molar-refractivity contribution >= 4 is 24.2 Å². The maximum absolute atomic E-state index is 12.4. The van der Waals surface area contributed by atoms with Gasteiger partial charge in [-0.15, -0.1) is 12.4 Å². The number of aryl methyl sites for hydroxylation is 1. The van der Waals surface area contributed by atoms with Crippen LogP contribution in [0.2, 0.25) is 0 Å². The molecule has 0 bridgehead atoms. The summed E-state index contributed by atoms with van der Waals surface area (Å²) in [6.07, 6.45) is 0.852. The minimum atomic E-state index is -0.518. The zero-order valence-electron chi connectivity index (χ0n) is 16.7. The van der Waals surface area contributed by atoms with Crippen molar-refractivity contribution in [2.45, 2.75) is 46.3 Å². The van der Waals surface area contributed by atoms with Gasteiger partial charge in [-0.25, -0.2) is 0 Å². The van der Waals surface area contributed by atoms with Gasteiger partial charge in [0.2, 0.25) is 5.91 Å². The van der Waals surface area contributed by atoms with E-state index in [0.29, 0.717) is 18.7 Å². The van der Waals surface area contributed by atoms with Gasteiger partial charge < -0.3 is 16.4 Å². The molecule has 2 unspecified atom stereocenters. The van der Waals surface area contributed by atoms with Crippen LogP contribution < -0.4 is 16.4 Å². The molecule has 0 saturated carbocycles. The molecular weight excluding hydrogens is 374 g/mol. The number of carbonyl (C=O) groups excluding carboxylic acids is 2. The molecule has 0 aliphatic carbocycles. The number of halogens is 1. The van der Waals surface area contributed by atoms with Crippen LogP contribution in [-0.4, -0.2) is 17.9 Å². The van der Waals surface area contributed by atoms with E-state index < -0.39 is 6.04 Å². The third-order valence-corrected chi connectivity index (χ3v) is 4.79. The second-order valence-electron chi connectivity index (χ2n) is 7.00. The van der Waals surface area contributed by atoms with Crippen molar-refractivity contribution in [2.24, 2.45) is 11.7 Å². The summed E-state index contributed by atoms with van der Waals surface area (Å²) in [7, 11) is 0. The maximum atomic E-state index is 12.4. The van der Waals surface area contributed by atoms with Gasteiger partial charge in [-0.3, -0.25) is 9.59 Å². The Labute approximate surface area is 173 Å². The zero-order valence-corrected chi connectivity index (χ0v) is 17.5. The monoisotopic (exact) mass is 403 g/mol. The Balaban J connectivity index is 0.00000392. The molecule has 5 nitrogen and oxygen atoms in total. The van der Waals surface area contributed by atoms with E-state index in [0.717, 1.165) is 17.5 Å². The predicted molar refractivity (Wildman–Crippen MR) is 115 cm³/mol. The largest absolute Gasteiger partial charge is 0.351 e. The first kappa shape index (κ1) is 23.7. The van der Waals surface area contributed by atoms with Crippen LogP contribution in [0.3, 0.4) is 0 Å². The van der Waals surface area contributed by atoms with Gasteiger partial charge in [0.15, 0.2) is 0 Å². The molecule has 28 heavy (non-hydrogen) atoms. The van der Waals surface area contributed by atoms with E-state index in [1.807, 2.05) is 57.2 Å². The zero-order chi connectivity index (χ0) is 19.8. The lowest BCUT2D eigenvalue weighted by Crippen LogP contribution is -2.44. The lowest BCUT2D eigenvalue weighted by Gasteiger charge is -2.17. The van der Waals surface area contributed by atoms with E-state index >= 15 is 0 Å². The van der Waals surface area contributed by atoms with E-state index in [2.05, 4.69) is 10.6 Å². The van der Waals surface area contributed by atoms with Crippen LogP contribution in [0.25, 0.3) is 0 Å². The van der Waals surface area contributed by atoms with Crippen LogP contribution in [0, 0.1) is 12.8 Å². The molecule has 0 spiro atoms. The SMILES string of the molecule is CCC(C)C(N)C(=O)NCc1cccc(C(=O)NCc2ccc(C)cc2)c1.Cl. The number of carbonyl (C=O) groups is 2. The highest BCUT2D eigenvalue weighted by molar-refractivity contribution is 5.94. The number of nitrogens with one attached hydrogen (secondary N) is 2. The highest BCUT2D eigenvalue weighted by atomic mass is 35.5. The van der Waals surface area contributed by atoms with Crippen molar-refractivity contribution in [3.8, 4) is 0 Å². The van der Waals surface area contributed by atoms with E-state index in [1.54, 1.807) is 12.1 Å². The fourth-order valence-electron chi connectivity index (χ4n) is 2.63. The standard InChI is InChI=1S/C22H29N3O2.ClH/c1-4-16(3)20(23)22(27)25-14-18-6-5-7-19(12-18)21(26)24-13-17-10-8-15(2)9-11-17;/h5-12,16,20H,4,13-14,23H2,1-3H3,(H,24,26)(H,25,27);1H. The topological polar surface area (TPSA) is 84.2 Å². The van der Waals surface area contributed by atoms with E-state index in [4.69, 9.17) is 5.73 Å². The molecule has 2 atom stereocenters. The number of amides is 2. The van der Waals surface area contributed by atoms with Gasteiger partial charge in [0.1, 0.15) is 0 Å². The predicted octanol–water partition coefficient (Wildman–Crippen LogP) is 3.34. The Morgan fingerprint density at radius 3 is 2.29 bits per heavy atom. The third-order valence-electron chi connectivity index (χ3n) is 4.79. The number of benzene rings is 2. The van der Waals surface area contributed by atoms with Crippen LogP contribution in [0.5, 0.6) is 0 Å². The molecule has 2 rings (SSSR count). The Bertz CT molecular complexity index is 778. The van der Waals surface area contributed by atoms with Crippen LogP contribution in [0.1, 0.15) is 47.3 Å². The first-order valence-electron chi connectivity index (χ1n) is 9.36. The average Bonchev–Trinajstić information content (AvgIpc) is 2.70. The van der Waals surface area contributed by atoms with Crippen molar-refractivity contribution in [3.05, 3.63) is 70.8 Å². The molecule has 152 valence electrons. The van der Waals surface area contributed by atoms with Crippen molar-refractivity contribution in [2.75, 3.05) is 0 Å². The van der Waals surface area contributed by atoms with Gasteiger partial charge in [0.25, 0.3) is 5.91 Å². The molecule has 0 saturated heterocycles. The molecule has 0 aromatic heterocycles. The Hall–Kier alpha value is -2.37. The summed E-state index contributed by atoms with van der Waals surface area (Å²) in [5.41, 5.74) is 9.61. The maximum Gasteiger partial charge on any atom is 0.251 e. The lowest BCUT2D eigenvalue weighted by molar-refractivity contribution is -0.123. The first-order chi connectivity index (χ1) is 12.9. The summed E-state index contributed by atoms with van der Waals surface area (Å²) in [6, 6.07) is 14.8. The fourth-order valence-corrected chi connectivity index (χ4v) is 2.63. The van der Waals surface area contributed by atoms with Crippen LogP contribution in [0.4, 0.5) is 0 Å². The minimum Gasteiger partial charge on any atom is -0.351 e. The van der Waals surface area contributed by atoms with E-state index in [9.17, 15) is 9.59 Å². The van der Waals surface area contributed by atoms with Gasteiger partial charge in [-0.1, -0.05) is 62.2 Å². The number of nitrogens with two attached hydrogens (primary N) is 1. The van der Waals surface area contributed by atoms with Crippen LogP contribution >= 0.6 is 12.4 Å². The van der Waals surface area contributed by atoms with Gasteiger partial charge in [-0.05, 0) is 36.1 Å². The minimum absolute atomic E-state index is 0. The molecule has 6 heteroatoms. The summed E-state index contributed by atoms with van der Waals surface area (Å²) < 4.78 is 0. The third kappa shape index (κ3) is 6.98. The quantitative estimate of drug-likeness (QED) is 0.632. The molecule has 2 aromatic rings. The number of hydrogen-bond acceptors (Lipinski definition) is 3. The normalized spacial score (nSPS) is 12.4. The van der Waals surface area contributed by atoms with Crippen molar-refractivity contribution in [1.29, 1.82) is 0 Å². The van der Waals surface area contributed by atoms with Crippen LogP contribution in [-0.2, 0) is 17.9 Å². The molecule has 0 aliphatic heterocycles. The fraction of sp³-hybridized carbons (Fsp3) is 0.364. The molecule has 4 N–H and O–H groups in total. The highest BCUT2D eigenvalue weighted by Crippen LogP contribution is 2.09. The van der Waals surface area contributed by atoms with Crippen LogP contribution in [0.15, 0.2) is 48.5 Å². The highest BCUT2D eigenvalue weighted by Gasteiger charge is 2.18. The molecule has 2 amide bonds. The van der Waals surface area contributed by atoms with Gasteiger partial charge >= 0.3 is 0 Å². The molecule has 2 aromatic carbocycles. The molecule has 0 radical (unpaired) electrons. The summed E-state index contributed by atoms with van der Waals surface area (Å²) in [5, 5.41) is 5.77. The van der Waals surface area contributed by atoms with E-state index in [-0.39, 0.29) is 30.1 Å². The Kier molecular flexibility index (Phi) is 9.69. The summed E-state index contributed by atoms with van der Waals surface area (Å²) >= 11 is 0. The summed E-state index contributed by atoms with van der Waals surface area (Å²) in [4.78, 5) is 24.5. The average molecular weight is 404 g/mol. The molecule has 0 aliphatic rings. The van der Waals surface area contributed by atoms with Crippen molar-refractivity contribution < 1.29 is 9.59 Å². The van der Waals surface area contributed by atoms with Gasteiger partial charge in [0.05, 0.1) is 6.04 Å². The van der Waals surface area contributed by atoms with Crippen molar-refractivity contribution in [1.82, 2.24) is 10.6 Å². The van der Waals surface area contributed by atoms with E-state index in [1.165, 1.54) is 5.56 Å². The Morgan fingerprint density at radius 1 is 1.00 bits per heavy atom.